The van der Waals surface area contributed by atoms with Gasteiger partial charge in [0, 0.05) is 5.56 Å². The van der Waals surface area contributed by atoms with Crippen LogP contribution >= 0.6 is 0 Å². The van der Waals surface area contributed by atoms with E-state index in [1.807, 2.05) is 0 Å². The zero-order chi connectivity index (χ0) is 10.2. The summed E-state index contributed by atoms with van der Waals surface area (Å²) in [4.78, 5) is 0. The molecule has 4 heteroatoms. The van der Waals surface area contributed by atoms with E-state index in [9.17, 15) is 8.78 Å². The quantitative estimate of drug-likeness (QED) is 0.777. The first-order valence-electron chi connectivity index (χ1n) is 4.32. The van der Waals surface area contributed by atoms with Gasteiger partial charge in [0.25, 0.3) is 0 Å². The topological polar surface area (TPSA) is 29.5 Å². The molecule has 0 aliphatic carbocycles. The second-order valence-electron chi connectivity index (χ2n) is 3.56. The molecule has 1 saturated heterocycles. The second-order valence-corrected chi connectivity index (χ2v) is 3.56. The molecular formula is C10H10F2O2. The highest BCUT2D eigenvalue weighted by atomic mass is 19.1. The lowest BCUT2D eigenvalue weighted by Gasteiger charge is -2.40. The van der Waals surface area contributed by atoms with Crippen LogP contribution in [0.5, 0.6) is 0 Å². The lowest BCUT2D eigenvalue weighted by atomic mass is 9.79. The molecule has 0 bridgehead atoms. The van der Waals surface area contributed by atoms with Crippen LogP contribution in [-0.4, -0.2) is 24.9 Å². The van der Waals surface area contributed by atoms with Crippen LogP contribution in [0.4, 0.5) is 8.78 Å². The Hall–Kier alpha value is -1.00. The predicted octanol–water partition coefficient (Wildman–Crippen LogP) is 1.23. The van der Waals surface area contributed by atoms with Gasteiger partial charge in [0.1, 0.15) is 11.6 Å². The Balaban J connectivity index is 2.43. The molecule has 0 atom stereocenters. The number of rotatable bonds is 2. The first kappa shape index (κ1) is 9.55. The van der Waals surface area contributed by atoms with Gasteiger partial charge >= 0.3 is 0 Å². The molecule has 0 aromatic heterocycles. The molecule has 1 N–H and O–H groups in total. The number of ether oxygens (including phenoxy) is 1. The molecule has 14 heavy (non-hydrogen) atoms. The van der Waals surface area contributed by atoms with Crippen LogP contribution in [0.15, 0.2) is 18.2 Å². The number of aliphatic hydroxyl groups excluding tert-OH is 1. The summed E-state index contributed by atoms with van der Waals surface area (Å²) >= 11 is 0. The first-order chi connectivity index (χ1) is 6.68. The smallest absolute Gasteiger partial charge is 0.127 e. The van der Waals surface area contributed by atoms with Gasteiger partial charge in [-0.05, 0) is 18.2 Å². The Kier molecular flexibility index (Phi) is 2.25. The number of hydrogen-bond donors (Lipinski definition) is 1. The summed E-state index contributed by atoms with van der Waals surface area (Å²) in [6, 6.07) is 3.25. The van der Waals surface area contributed by atoms with Gasteiger partial charge in [0.2, 0.25) is 0 Å². The predicted molar refractivity (Wildman–Crippen MR) is 45.9 cm³/mol. The van der Waals surface area contributed by atoms with E-state index in [1.165, 1.54) is 0 Å². The van der Waals surface area contributed by atoms with E-state index < -0.39 is 17.0 Å². The minimum absolute atomic E-state index is 0.200. The standard InChI is InChI=1S/C10H10F2O2/c11-7-1-2-9(12)8(3-7)10(4-13)5-14-6-10/h1-3,13H,4-6H2. The normalized spacial score (nSPS) is 19.1. The van der Waals surface area contributed by atoms with Gasteiger partial charge < -0.3 is 9.84 Å². The lowest BCUT2D eigenvalue weighted by molar-refractivity contribution is -0.0857. The van der Waals surface area contributed by atoms with E-state index >= 15 is 0 Å². The molecule has 2 nitrogen and oxygen atoms in total. The Morgan fingerprint density at radius 3 is 2.57 bits per heavy atom. The molecule has 1 aliphatic heterocycles. The molecule has 1 aromatic rings. The number of hydrogen-bond acceptors (Lipinski definition) is 2. The highest BCUT2D eigenvalue weighted by Gasteiger charge is 2.41. The highest BCUT2D eigenvalue weighted by Crippen LogP contribution is 2.33. The van der Waals surface area contributed by atoms with Gasteiger partial charge in [0.05, 0.1) is 25.2 Å². The van der Waals surface area contributed by atoms with Crippen molar-refractivity contribution in [3.8, 4) is 0 Å². The van der Waals surface area contributed by atoms with Gasteiger partial charge in [-0.3, -0.25) is 0 Å². The average molecular weight is 200 g/mol. The maximum absolute atomic E-state index is 13.3. The van der Waals surface area contributed by atoms with Crippen LogP contribution in [0.3, 0.4) is 0 Å². The Morgan fingerprint density at radius 1 is 1.36 bits per heavy atom. The van der Waals surface area contributed by atoms with Crippen molar-refractivity contribution >= 4 is 0 Å². The van der Waals surface area contributed by atoms with E-state index in [-0.39, 0.29) is 25.4 Å². The molecule has 1 heterocycles. The van der Waals surface area contributed by atoms with Crippen molar-refractivity contribution in [1.82, 2.24) is 0 Å². The van der Waals surface area contributed by atoms with Gasteiger partial charge in [-0.25, -0.2) is 8.78 Å². The average Bonchev–Trinajstić information content (AvgIpc) is 2.10. The molecule has 1 fully saturated rings. The maximum Gasteiger partial charge on any atom is 0.127 e. The maximum atomic E-state index is 13.3. The fourth-order valence-electron chi connectivity index (χ4n) is 1.58. The molecule has 0 spiro atoms. The van der Waals surface area contributed by atoms with Gasteiger partial charge in [-0.15, -0.1) is 0 Å². The van der Waals surface area contributed by atoms with Crippen molar-refractivity contribution in [3.05, 3.63) is 35.4 Å². The summed E-state index contributed by atoms with van der Waals surface area (Å²) in [5, 5.41) is 9.14. The van der Waals surface area contributed by atoms with Crippen LogP contribution in [0.25, 0.3) is 0 Å². The Labute approximate surface area is 80.1 Å². The van der Waals surface area contributed by atoms with E-state index in [0.29, 0.717) is 0 Å². The van der Waals surface area contributed by atoms with E-state index in [2.05, 4.69) is 0 Å². The summed E-state index contributed by atoms with van der Waals surface area (Å²) in [5.74, 6) is -0.995. The number of halogens is 2. The summed E-state index contributed by atoms with van der Waals surface area (Å²) in [5.41, 5.74) is -0.544. The fourth-order valence-corrected chi connectivity index (χ4v) is 1.58. The molecule has 1 aliphatic rings. The minimum Gasteiger partial charge on any atom is -0.395 e. The molecule has 0 radical (unpaired) electrons. The van der Waals surface area contributed by atoms with Crippen molar-refractivity contribution < 1.29 is 18.6 Å². The van der Waals surface area contributed by atoms with E-state index in [0.717, 1.165) is 18.2 Å². The fraction of sp³-hybridized carbons (Fsp3) is 0.400. The Morgan fingerprint density at radius 2 is 2.07 bits per heavy atom. The first-order valence-corrected chi connectivity index (χ1v) is 4.32. The molecule has 76 valence electrons. The number of aliphatic hydroxyl groups is 1. The van der Waals surface area contributed by atoms with Gasteiger partial charge in [-0.2, -0.15) is 0 Å². The van der Waals surface area contributed by atoms with Crippen molar-refractivity contribution in [2.24, 2.45) is 0 Å². The largest absolute Gasteiger partial charge is 0.395 e. The monoisotopic (exact) mass is 200 g/mol. The van der Waals surface area contributed by atoms with Crippen molar-refractivity contribution in [2.45, 2.75) is 5.41 Å². The summed E-state index contributed by atoms with van der Waals surface area (Å²) in [7, 11) is 0. The third kappa shape index (κ3) is 1.31. The van der Waals surface area contributed by atoms with E-state index in [1.54, 1.807) is 0 Å². The third-order valence-corrected chi connectivity index (χ3v) is 2.56. The second kappa shape index (κ2) is 3.29. The van der Waals surface area contributed by atoms with Gasteiger partial charge in [-0.1, -0.05) is 0 Å². The molecule has 2 rings (SSSR count). The van der Waals surface area contributed by atoms with Crippen LogP contribution in [-0.2, 0) is 10.2 Å². The summed E-state index contributed by atoms with van der Waals surface area (Å²) in [6.45, 7) is 0.251. The SMILES string of the molecule is OCC1(c2cc(F)ccc2F)COC1. The van der Waals surface area contributed by atoms with Crippen LogP contribution < -0.4 is 0 Å². The number of benzene rings is 1. The van der Waals surface area contributed by atoms with Gasteiger partial charge in [0.15, 0.2) is 0 Å². The van der Waals surface area contributed by atoms with Crippen LogP contribution in [0.1, 0.15) is 5.56 Å². The molecule has 0 saturated carbocycles. The molecule has 0 amide bonds. The zero-order valence-corrected chi connectivity index (χ0v) is 7.46. The van der Waals surface area contributed by atoms with Crippen LogP contribution in [0, 0.1) is 11.6 Å². The summed E-state index contributed by atoms with van der Waals surface area (Å²) in [6.07, 6.45) is 0. The molecule has 1 aromatic carbocycles. The zero-order valence-electron chi connectivity index (χ0n) is 7.46. The van der Waals surface area contributed by atoms with Crippen molar-refractivity contribution in [1.29, 1.82) is 0 Å². The van der Waals surface area contributed by atoms with E-state index in [4.69, 9.17) is 9.84 Å². The van der Waals surface area contributed by atoms with Crippen LogP contribution in [0.2, 0.25) is 0 Å². The third-order valence-electron chi connectivity index (χ3n) is 2.56. The summed E-state index contributed by atoms with van der Waals surface area (Å²) < 4.78 is 31.2. The highest BCUT2D eigenvalue weighted by molar-refractivity contribution is 5.30. The molecular weight excluding hydrogens is 190 g/mol. The Bertz CT molecular complexity index is 342. The lowest BCUT2D eigenvalue weighted by Crippen LogP contribution is -2.50. The van der Waals surface area contributed by atoms with Crippen molar-refractivity contribution in [3.63, 3.8) is 0 Å². The minimum atomic E-state index is -0.744. The van der Waals surface area contributed by atoms with Crippen molar-refractivity contribution in [2.75, 3.05) is 19.8 Å². The molecule has 0 unspecified atom stereocenters.